The number of hydrogen-bond acceptors (Lipinski definition) is 6. The molecular formula is C24H24ClN3O5. The molecular weight excluding hydrogens is 446 g/mol. The van der Waals surface area contributed by atoms with E-state index in [-0.39, 0.29) is 17.2 Å². The molecule has 0 saturated carbocycles. The Morgan fingerprint density at radius 2 is 2.06 bits per heavy atom. The Kier molecular flexibility index (Phi) is 5.22. The minimum absolute atomic E-state index is 0.118. The van der Waals surface area contributed by atoms with Gasteiger partial charge in [0.15, 0.2) is 11.5 Å². The molecule has 172 valence electrons. The van der Waals surface area contributed by atoms with Crippen molar-refractivity contribution in [1.82, 2.24) is 9.88 Å². The number of carbonyl (C=O) groups is 1. The molecule has 8 nitrogen and oxygen atoms in total. The molecule has 2 aliphatic heterocycles. The third kappa shape index (κ3) is 3.69. The van der Waals surface area contributed by atoms with Crippen molar-refractivity contribution in [2.24, 2.45) is 0 Å². The van der Waals surface area contributed by atoms with Crippen LogP contribution in [0.15, 0.2) is 47.4 Å². The Bertz CT molecular complexity index is 1310. The molecule has 9 heteroatoms. The van der Waals surface area contributed by atoms with E-state index >= 15 is 0 Å². The number of anilines is 1. The van der Waals surface area contributed by atoms with E-state index in [1.165, 1.54) is 11.8 Å². The zero-order chi connectivity index (χ0) is 23.3. The van der Waals surface area contributed by atoms with Gasteiger partial charge in [-0.2, -0.15) is 0 Å². The second kappa shape index (κ2) is 7.97. The minimum Gasteiger partial charge on any atom is -0.487 e. The van der Waals surface area contributed by atoms with Crippen molar-refractivity contribution in [1.29, 1.82) is 0 Å². The van der Waals surface area contributed by atoms with Gasteiger partial charge in [-0.3, -0.25) is 4.79 Å². The number of rotatable bonds is 3. The van der Waals surface area contributed by atoms with E-state index in [0.717, 1.165) is 18.8 Å². The Morgan fingerprint density at radius 3 is 2.79 bits per heavy atom. The van der Waals surface area contributed by atoms with E-state index in [9.17, 15) is 9.59 Å². The van der Waals surface area contributed by atoms with Crippen LogP contribution in [0.4, 0.5) is 10.5 Å². The first-order valence-corrected chi connectivity index (χ1v) is 11.1. The molecule has 1 atom stereocenters. The lowest BCUT2D eigenvalue weighted by atomic mass is 10.00. The molecule has 1 fully saturated rings. The summed E-state index contributed by atoms with van der Waals surface area (Å²) in [7, 11) is 0. The first-order valence-electron chi connectivity index (χ1n) is 10.8. The van der Waals surface area contributed by atoms with E-state index in [2.05, 4.69) is 22.3 Å². The Hall–Kier alpha value is -3.23. The molecule has 3 aromatic rings. The molecule has 3 heterocycles. The summed E-state index contributed by atoms with van der Waals surface area (Å²) in [5, 5.41) is 13.3. The van der Waals surface area contributed by atoms with Crippen molar-refractivity contribution < 1.29 is 19.4 Å². The fourth-order valence-corrected chi connectivity index (χ4v) is 4.96. The highest BCUT2D eigenvalue weighted by Gasteiger charge is 2.35. The van der Waals surface area contributed by atoms with Gasteiger partial charge in [0.05, 0.1) is 27.7 Å². The topological polar surface area (TPSA) is 93.0 Å². The van der Waals surface area contributed by atoms with Crippen LogP contribution >= 0.6 is 11.6 Å². The van der Waals surface area contributed by atoms with Crippen molar-refractivity contribution in [2.75, 3.05) is 31.1 Å². The minimum atomic E-state index is -1.54. The van der Waals surface area contributed by atoms with Gasteiger partial charge in [-0.25, -0.2) is 4.79 Å². The standard InChI is InChI=1S/C24H24ClN3O5/c1-24(2)13-32-22-19-15(21(29)18(12-28(19)24)33-23(30)31)10-16(25)20(22)27-9-8-26-17(11-27)14-6-4-3-5-7-14/h3-7,10,12,17,26H,8-9,11,13H2,1-2H3,(H,30,31). The second-order valence-electron chi connectivity index (χ2n) is 8.96. The van der Waals surface area contributed by atoms with Crippen LogP contribution in [0.25, 0.3) is 10.9 Å². The SMILES string of the molecule is CC1(C)COc2c(N3CCNC(c4ccccc4)C3)c(Cl)cc3c(=O)c(OC(=O)O)cn1c23. The Balaban J connectivity index is 1.67. The van der Waals surface area contributed by atoms with Gasteiger partial charge in [0, 0.05) is 25.7 Å². The average molecular weight is 470 g/mol. The van der Waals surface area contributed by atoms with Crippen LogP contribution < -0.4 is 25.1 Å². The van der Waals surface area contributed by atoms with Gasteiger partial charge in [-0.1, -0.05) is 41.9 Å². The Labute approximate surface area is 195 Å². The average Bonchev–Trinajstić information content (AvgIpc) is 2.79. The molecule has 2 N–H and O–H groups in total. The van der Waals surface area contributed by atoms with Crippen LogP contribution in [-0.2, 0) is 5.54 Å². The summed E-state index contributed by atoms with van der Waals surface area (Å²) in [5.74, 6) is 0.274. The number of halogens is 1. The van der Waals surface area contributed by atoms with Crippen LogP contribution in [0.3, 0.4) is 0 Å². The number of carboxylic acid groups (broad SMARTS) is 1. The Morgan fingerprint density at radius 1 is 1.30 bits per heavy atom. The fraction of sp³-hybridized carbons (Fsp3) is 0.333. The number of ether oxygens (including phenoxy) is 2. The van der Waals surface area contributed by atoms with Crippen molar-refractivity contribution >= 4 is 34.3 Å². The molecule has 2 aromatic carbocycles. The zero-order valence-electron chi connectivity index (χ0n) is 18.3. The van der Waals surface area contributed by atoms with Crippen molar-refractivity contribution in [3.05, 3.63) is 63.4 Å². The van der Waals surface area contributed by atoms with Crippen LogP contribution in [0.2, 0.25) is 5.02 Å². The first kappa shape index (κ1) is 21.6. The van der Waals surface area contributed by atoms with Gasteiger partial charge in [-0.15, -0.1) is 0 Å². The molecule has 2 aliphatic rings. The zero-order valence-corrected chi connectivity index (χ0v) is 19.1. The van der Waals surface area contributed by atoms with Gasteiger partial charge in [0.25, 0.3) is 0 Å². The third-order valence-electron chi connectivity index (χ3n) is 6.25. The number of nitrogens with one attached hydrogen (secondary N) is 1. The molecule has 1 aromatic heterocycles. The highest BCUT2D eigenvalue weighted by Crippen LogP contribution is 2.46. The molecule has 0 aliphatic carbocycles. The predicted molar refractivity (Wildman–Crippen MR) is 126 cm³/mol. The molecule has 1 saturated heterocycles. The second-order valence-corrected chi connectivity index (χ2v) is 9.36. The fourth-order valence-electron chi connectivity index (χ4n) is 4.65. The normalized spacial score (nSPS) is 19.2. The van der Waals surface area contributed by atoms with Gasteiger partial charge in [0.2, 0.25) is 5.43 Å². The van der Waals surface area contributed by atoms with E-state index in [1.807, 2.05) is 36.6 Å². The van der Waals surface area contributed by atoms with E-state index in [1.54, 1.807) is 6.07 Å². The number of nitrogens with zero attached hydrogens (tertiary/aromatic N) is 2. The summed E-state index contributed by atoms with van der Waals surface area (Å²) in [6.45, 7) is 6.39. The molecule has 0 amide bonds. The summed E-state index contributed by atoms with van der Waals surface area (Å²) >= 11 is 6.74. The smallest absolute Gasteiger partial charge is 0.487 e. The van der Waals surface area contributed by atoms with Crippen LogP contribution in [0, 0.1) is 0 Å². The monoisotopic (exact) mass is 469 g/mol. The number of aromatic nitrogens is 1. The summed E-state index contributed by atoms with van der Waals surface area (Å²) < 4.78 is 12.9. The van der Waals surface area contributed by atoms with Crippen molar-refractivity contribution in [3.8, 4) is 11.5 Å². The van der Waals surface area contributed by atoms with E-state index in [0.29, 0.717) is 29.4 Å². The lowest BCUT2D eigenvalue weighted by Gasteiger charge is -2.40. The quantitative estimate of drug-likeness (QED) is 0.560. The molecule has 1 unspecified atom stereocenters. The summed E-state index contributed by atoms with van der Waals surface area (Å²) in [6.07, 6.45) is -0.0904. The lowest BCUT2D eigenvalue weighted by molar-refractivity contribution is 0.142. The summed E-state index contributed by atoms with van der Waals surface area (Å²) in [6, 6.07) is 11.9. The van der Waals surface area contributed by atoms with Gasteiger partial charge < -0.3 is 29.4 Å². The molecule has 5 rings (SSSR count). The number of hydrogen-bond donors (Lipinski definition) is 2. The van der Waals surface area contributed by atoms with Gasteiger partial charge >= 0.3 is 6.16 Å². The van der Waals surface area contributed by atoms with Gasteiger partial charge in [0.1, 0.15) is 12.3 Å². The van der Waals surface area contributed by atoms with Gasteiger partial charge in [-0.05, 0) is 25.5 Å². The number of benzene rings is 2. The van der Waals surface area contributed by atoms with E-state index in [4.69, 9.17) is 26.2 Å². The lowest BCUT2D eigenvalue weighted by Crippen LogP contribution is -2.46. The molecule has 0 radical (unpaired) electrons. The highest BCUT2D eigenvalue weighted by atomic mass is 35.5. The third-order valence-corrected chi connectivity index (χ3v) is 6.54. The highest BCUT2D eigenvalue weighted by molar-refractivity contribution is 6.34. The predicted octanol–water partition coefficient (Wildman–Crippen LogP) is 3.99. The van der Waals surface area contributed by atoms with E-state index < -0.39 is 17.1 Å². The van der Waals surface area contributed by atoms with Crippen LogP contribution in [0.5, 0.6) is 11.5 Å². The molecule has 0 spiro atoms. The van der Waals surface area contributed by atoms with Crippen LogP contribution in [-0.4, -0.2) is 42.1 Å². The summed E-state index contributed by atoms with van der Waals surface area (Å²) in [4.78, 5) is 26.4. The molecule has 33 heavy (non-hydrogen) atoms. The van der Waals surface area contributed by atoms with Crippen molar-refractivity contribution in [3.63, 3.8) is 0 Å². The maximum atomic E-state index is 13.1. The summed E-state index contributed by atoms with van der Waals surface area (Å²) in [5.41, 5.74) is 1.44. The number of pyridine rings is 1. The molecule has 0 bridgehead atoms. The number of piperazine rings is 1. The maximum Gasteiger partial charge on any atom is 0.511 e. The largest absolute Gasteiger partial charge is 0.511 e. The van der Waals surface area contributed by atoms with Crippen LogP contribution in [0.1, 0.15) is 25.5 Å². The first-order chi connectivity index (χ1) is 15.8. The van der Waals surface area contributed by atoms with Crippen molar-refractivity contribution in [2.45, 2.75) is 25.4 Å². The maximum absolute atomic E-state index is 13.1.